The van der Waals surface area contributed by atoms with Crippen LogP contribution in [-0.2, 0) is 16.4 Å². The predicted molar refractivity (Wildman–Crippen MR) is 57.2 cm³/mol. The molecule has 6 heteroatoms. The second kappa shape index (κ2) is 4.20. The summed E-state index contributed by atoms with van der Waals surface area (Å²) in [4.78, 5) is 3.84. The summed E-state index contributed by atoms with van der Waals surface area (Å²) in [5.74, 6) is 0. The van der Waals surface area contributed by atoms with Gasteiger partial charge in [0.1, 0.15) is 9.50 Å². The Bertz CT molecular complexity index is 456. The van der Waals surface area contributed by atoms with Gasteiger partial charge in [0, 0.05) is 6.20 Å². The van der Waals surface area contributed by atoms with Crippen LogP contribution in [0.5, 0.6) is 0 Å². The van der Waals surface area contributed by atoms with Crippen LogP contribution in [0, 0.1) is 0 Å². The van der Waals surface area contributed by atoms with Crippen molar-refractivity contribution in [1.29, 1.82) is 0 Å². The van der Waals surface area contributed by atoms with Gasteiger partial charge >= 0.3 is 0 Å². The van der Waals surface area contributed by atoms with Gasteiger partial charge in [0.2, 0.25) is 10.0 Å². The summed E-state index contributed by atoms with van der Waals surface area (Å²) in [6, 6.07) is 1.60. The lowest BCUT2D eigenvalue weighted by molar-refractivity contribution is 0.595. The van der Waals surface area contributed by atoms with Gasteiger partial charge in [0.05, 0.1) is 0 Å². The molecule has 0 aliphatic carbocycles. The third kappa shape index (κ3) is 2.40. The van der Waals surface area contributed by atoms with Crippen LogP contribution in [-0.4, -0.2) is 13.4 Å². The Kier molecular flexibility index (Phi) is 3.41. The van der Waals surface area contributed by atoms with Crippen LogP contribution < -0.4 is 5.14 Å². The van der Waals surface area contributed by atoms with Crippen LogP contribution in [0.4, 0.5) is 0 Å². The first kappa shape index (κ1) is 11.4. The van der Waals surface area contributed by atoms with Gasteiger partial charge in [-0.25, -0.2) is 18.5 Å². The largest absolute Gasteiger partial charge is 0.248 e. The second-order valence-corrected chi connectivity index (χ2v) is 4.88. The molecule has 76 valence electrons. The Hall–Kier alpha value is -0.720. The number of allylic oxidation sites excluding steroid dienone is 1. The van der Waals surface area contributed by atoms with Crippen molar-refractivity contribution >= 4 is 26.0 Å². The van der Waals surface area contributed by atoms with Crippen LogP contribution in [0.2, 0.25) is 0 Å². The molecule has 4 nitrogen and oxygen atoms in total. The molecule has 1 aromatic heterocycles. The maximum Gasteiger partial charge on any atom is 0.241 e. The van der Waals surface area contributed by atoms with Crippen molar-refractivity contribution in [3.63, 3.8) is 0 Å². The summed E-state index contributed by atoms with van der Waals surface area (Å²) in [6.07, 6.45) is 3.56. The molecule has 14 heavy (non-hydrogen) atoms. The van der Waals surface area contributed by atoms with Crippen LogP contribution >= 0.6 is 15.9 Å². The minimum atomic E-state index is -3.74. The zero-order valence-corrected chi connectivity index (χ0v) is 9.68. The highest BCUT2D eigenvalue weighted by molar-refractivity contribution is 9.10. The van der Waals surface area contributed by atoms with Gasteiger partial charge in [0.25, 0.3) is 0 Å². The topological polar surface area (TPSA) is 73.0 Å². The number of halogens is 1. The standard InChI is InChI=1S/C8H9BrN2O2S/c1-2-3-6-4-5-11-8(9)7(6)14(10,12)13/h2,4-5H,1,3H2,(H2,10,12,13). The number of hydrogen-bond acceptors (Lipinski definition) is 3. The number of primary sulfonamides is 1. The third-order valence-corrected chi connectivity index (χ3v) is 3.48. The second-order valence-electron chi connectivity index (χ2n) is 2.63. The molecule has 1 rings (SSSR count). The van der Waals surface area contributed by atoms with Crippen LogP contribution in [0.1, 0.15) is 5.56 Å². The van der Waals surface area contributed by atoms with E-state index < -0.39 is 10.0 Å². The molecule has 0 bridgehead atoms. The van der Waals surface area contributed by atoms with E-state index in [4.69, 9.17) is 5.14 Å². The van der Waals surface area contributed by atoms with Gasteiger partial charge < -0.3 is 0 Å². The first-order chi connectivity index (χ1) is 6.46. The highest BCUT2D eigenvalue weighted by Gasteiger charge is 2.17. The smallest absolute Gasteiger partial charge is 0.241 e. The van der Waals surface area contributed by atoms with Gasteiger partial charge in [-0.1, -0.05) is 6.08 Å². The quantitative estimate of drug-likeness (QED) is 0.667. The van der Waals surface area contributed by atoms with Gasteiger partial charge in [-0.3, -0.25) is 0 Å². The van der Waals surface area contributed by atoms with E-state index in [1.807, 2.05) is 0 Å². The van der Waals surface area contributed by atoms with Crippen molar-refractivity contribution in [3.8, 4) is 0 Å². The Balaban J connectivity index is 3.45. The van der Waals surface area contributed by atoms with E-state index in [0.29, 0.717) is 12.0 Å². The van der Waals surface area contributed by atoms with Crippen molar-refractivity contribution in [3.05, 3.63) is 35.1 Å². The third-order valence-electron chi connectivity index (χ3n) is 1.59. The molecule has 0 unspecified atom stereocenters. The molecular formula is C8H9BrN2O2S. The Morgan fingerprint density at radius 1 is 1.64 bits per heavy atom. The van der Waals surface area contributed by atoms with Crippen molar-refractivity contribution in [2.24, 2.45) is 5.14 Å². The first-order valence-electron chi connectivity index (χ1n) is 3.74. The molecule has 0 radical (unpaired) electrons. The molecule has 0 saturated heterocycles. The fourth-order valence-electron chi connectivity index (χ4n) is 1.08. The lowest BCUT2D eigenvalue weighted by atomic mass is 10.2. The summed E-state index contributed by atoms with van der Waals surface area (Å²) >= 11 is 3.05. The molecule has 1 heterocycles. The molecule has 0 fully saturated rings. The predicted octanol–water partition coefficient (Wildman–Crippen LogP) is 1.22. The van der Waals surface area contributed by atoms with E-state index in [2.05, 4.69) is 27.5 Å². The Morgan fingerprint density at radius 2 is 2.29 bits per heavy atom. The van der Waals surface area contributed by atoms with Crippen molar-refractivity contribution in [2.75, 3.05) is 0 Å². The molecule has 0 aromatic carbocycles. The van der Waals surface area contributed by atoms with Crippen LogP contribution in [0.15, 0.2) is 34.4 Å². The van der Waals surface area contributed by atoms with E-state index in [1.54, 1.807) is 12.1 Å². The molecule has 2 N–H and O–H groups in total. The fraction of sp³-hybridized carbons (Fsp3) is 0.125. The lowest BCUT2D eigenvalue weighted by Crippen LogP contribution is -2.15. The van der Waals surface area contributed by atoms with Crippen LogP contribution in [0.25, 0.3) is 0 Å². The fourth-order valence-corrected chi connectivity index (χ4v) is 2.93. The van der Waals surface area contributed by atoms with E-state index >= 15 is 0 Å². The van der Waals surface area contributed by atoms with E-state index in [9.17, 15) is 8.42 Å². The monoisotopic (exact) mass is 276 g/mol. The summed E-state index contributed by atoms with van der Waals surface area (Å²) in [7, 11) is -3.74. The summed E-state index contributed by atoms with van der Waals surface area (Å²) in [5.41, 5.74) is 0.587. The normalized spacial score (nSPS) is 11.3. The highest BCUT2D eigenvalue weighted by atomic mass is 79.9. The molecule has 0 aliphatic rings. The lowest BCUT2D eigenvalue weighted by Gasteiger charge is -2.06. The van der Waals surface area contributed by atoms with Gasteiger partial charge in [-0.2, -0.15) is 0 Å². The van der Waals surface area contributed by atoms with Crippen LogP contribution in [0.3, 0.4) is 0 Å². The highest BCUT2D eigenvalue weighted by Crippen LogP contribution is 2.22. The SMILES string of the molecule is C=CCc1ccnc(Br)c1S(N)(=O)=O. The minimum absolute atomic E-state index is 0.0277. The zero-order chi connectivity index (χ0) is 10.8. The first-order valence-corrected chi connectivity index (χ1v) is 6.08. The summed E-state index contributed by atoms with van der Waals surface area (Å²) < 4.78 is 22.7. The van der Waals surface area contributed by atoms with Gasteiger partial charge in [-0.05, 0) is 34.0 Å². The van der Waals surface area contributed by atoms with Crippen molar-refractivity contribution in [2.45, 2.75) is 11.3 Å². The van der Waals surface area contributed by atoms with Crippen molar-refractivity contribution < 1.29 is 8.42 Å². The molecule has 0 saturated carbocycles. The Morgan fingerprint density at radius 3 is 2.79 bits per heavy atom. The average Bonchev–Trinajstić information content (AvgIpc) is 2.02. The van der Waals surface area contributed by atoms with E-state index in [-0.39, 0.29) is 9.50 Å². The van der Waals surface area contributed by atoms with Crippen molar-refractivity contribution in [1.82, 2.24) is 4.98 Å². The zero-order valence-electron chi connectivity index (χ0n) is 7.27. The maximum atomic E-state index is 11.2. The van der Waals surface area contributed by atoms with Gasteiger partial charge in [-0.15, -0.1) is 6.58 Å². The molecule has 0 spiro atoms. The Labute approximate surface area is 91.0 Å². The number of nitrogens with zero attached hydrogens (tertiary/aromatic N) is 1. The molecule has 0 atom stereocenters. The number of rotatable bonds is 3. The molecule has 1 aromatic rings. The van der Waals surface area contributed by atoms with Gasteiger partial charge in [0.15, 0.2) is 0 Å². The summed E-state index contributed by atoms with van der Waals surface area (Å²) in [5, 5.41) is 5.06. The molecule has 0 amide bonds. The molecule has 0 aliphatic heterocycles. The average molecular weight is 277 g/mol. The number of nitrogens with two attached hydrogens (primary N) is 1. The number of pyridine rings is 1. The number of sulfonamides is 1. The molecular weight excluding hydrogens is 268 g/mol. The van der Waals surface area contributed by atoms with E-state index in [0.717, 1.165) is 0 Å². The number of aromatic nitrogens is 1. The minimum Gasteiger partial charge on any atom is -0.248 e. The van der Waals surface area contributed by atoms with E-state index in [1.165, 1.54) is 6.20 Å². The number of hydrogen-bond donors (Lipinski definition) is 1. The summed E-state index contributed by atoms with van der Waals surface area (Å²) in [6.45, 7) is 3.54. The maximum absolute atomic E-state index is 11.2.